The van der Waals surface area contributed by atoms with Gasteiger partial charge < -0.3 is 9.88 Å². The summed E-state index contributed by atoms with van der Waals surface area (Å²) in [5.41, 5.74) is 1.54. The predicted octanol–water partition coefficient (Wildman–Crippen LogP) is 3.19. The molecule has 1 aliphatic carbocycles. The number of carbonyl (C=O) groups is 1. The Labute approximate surface area is 176 Å². The normalized spacial score (nSPS) is 20.8. The number of aromatic nitrogens is 2. The van der Waals surface area contributed by atoms with Gasteiger partial charge in [0.15, 0.2) is 0 Å². The summed E-state index contributed by atoms with van der Waals surface area (Å²) in [7, 11) is 0. The molecule has 7 heteroatoms. The zero-order valence-electron chi connectivity index (χ0n) is 18.0. The highest BCUT2D eigenvalue weighted by atomic mass is 32.1. The number of nitrogens with one attached hydrogen (secondary N) is 1. The third kappa shape index (κ3) is 4.12. The van der Waals surface area contributed by atoms with Gasteiger partial charge >= 0.3 is 0 Å². The number of carbonyl (C=O) groups excluding carboxylic acids is 1. The van der Waals surface area contributed by atoms with E-state index in [1.165, 1.54) is 10.4 Å². The molecule has 0 spiro atoms. The second-order valence-electron chi connectivity index (χ2n) is 9.51. The van der Waals surface area contributed by atoms with Crippen LogP contribution in [0.5, 0.6) is 0 Å². The van der Waals surface area contributed by atoms with Crippen LogP contribution in [0.1, 0.15) is 56.8 Å². The van der Waals surface area contributed by atoms with E-state index in [9.17, 15) is 9.59 Å². The molecular formula is C22H32N4O2S. The molecule has 158 valence electrons. The molecule has 0 radical (unpaired) electrons. The average Bonchev–Trinajstić information content (AvgIpc) is 3.05. The summed E-state index contributed by atoms with van der Waals surface area (Å²) in [6.45, 7) is 12.6. The first-order chi connectivity index (χ1) is 13.8. The van der Waals surface area contributed by atoms with Crippen molar-refractivity contribution in [2.75, 3.05) is 26.2 Å². The summed E-state index contributed by atoms with van der Waals surface area (Å²) >= 11 is 1.71. The highest BCUT2D eigenvalue weighted by Gasteiger charge is 2.31. The smallest absolute Gasteiger partial charge is 0.259 e. The van der Waals surface area contributed by atoms with Crippen LogP contribution in [0.15, 0.2) is 4.79 Å². The lowest BCUT2D eigenvalue weighted by atomic mass is 9.72. The van der Waals surface area contributed by atoms with Crippen LogP contribution in [0.4, 0.5) is 0 Å². The minimum absolute atomic E-state index is 0.0107. The molecule has 1 fully saturated rings. The van der Waals surface area contributed by atoms with Gasteiger partial charge in [-0.25, -0.2) is 4.98 Å². The van der Waals surface area contributed by atoms with Crippen LogP contribution >= 0.6 is 11.3 Å². The molecule has 0 aromatic carbocycles. The van der Waals surface area contributed by atoms with Crippen LogP contribution in [0.2, 0.25) is 0 Å². The van der Waals surface area contributed by atoms with Crippen molar-refractivity contribution in [3.8, 4) is 0 Å². The number of H-pyrrole nitrogens is 1. The maximum absolute atomic E-state index is 12.9. The zero-order chi connectivity index (χ0) is 20.8. The van der Waals surface area contributed by atoms with Crippen molar-refractivity contribution in [2.24, 2.45) is 11.3 Å². The van der Waals surface area contributed by atoms with Crippen molar-refractivity contribution < 1.29 is 4.79 Å². The summed E-state index contributed by atoms with van der Waals surface area (Å²) in [6.07, 6.45) is 3.74. The molecule has 1 unspecified atom stereocenters. The maximum atomic E-state index is 12.9. The SMILES string of the molecule is CCC(=O)N1CCN(Cc2nc3sc4c(c3c(=O)[nH]2)CCC(C(C)(C)C)C4)CC1. The first-order valence-electron chi connectivity index (χ1n) is 10.8. The third-order valence-electron chi connectivity index (χ3n) is 6.59. The van der Waals surface area contributed by atoms with Crippen molar-refractivity contribution in [3.63, 3.8) is 0 Å². The number of fused-ring (bicyclic) bond motifs is 3. The number of aryl methyl sites for hydroxylation is 1. The largest absolute Gasteiger partial charge is 0.340 e. The monoisotopic (exact) mass is 416 g/mol. The number of amides is 1. The summed E-state index contributed by atoms with van der Waals surface area (Å²) in [4.78, 5) is 39.0. The summed E-state index contributed by atoms with van der Waals surface area (Å²) in [5.74, 6) is 1.61. The van der Waals surface area contributed by atoms with E-state index in [0.29, 0.717) is 24.3 Å². The quantitative estimate of drug-likeness (QED) is 0.834. The molecule has 1 saturated heterocycles. The Morgan fingerprint density at radius 2 is 1.97 bits per heavy atom. The fraction of sp³-hybridized carbons (Fsp3) is 0.682. The van der Waals surface area contributed by atoms with E-state index in [4.69, 9.17) is 4.98 Å². The van der Waals surface area contributed by atoms with E-state index in [1.54, 1.807) is 11.3 Å². The van der Waals surface area contributed by atoms with Crippen LogP contribution in [-0.2, 0) is 24.2 Å². The van der Waals surface area contributed by atoms with Crippen molar-refractivity contribution in [3.05, 3.63) is 26.6 Å². The summed E-state index contributed by atoms with van der Waals surface area (Å²) in [5, 5.41) is 0.819. The van der Waals surface area contributed by atoms with Crippen LogP contribution < -0.4 is 5.56 Å². The molecule has 6 nitrogen and oxygen atoms in total. The summed E-state index contributed by atoms with van der Waals surface area (Å²) in [6, 6.07) is 0. The molecule has 29 heavy (non-hydrogen) atoms. The van der Waals surface area contributed by atoms with E-state index < -0.39 is 0 Å². The van der Waals surface area contributed by atoms with E-state index in [-0.39, 0.29) is 11.5 Å². The molecule has 0 saturated carbocycles. The molecule has 1 aliphatic heterocycles. The van der Waals surface area contributed by atoms with Crippen LogP contribution in [0, 0.1) is 11.3 Å². The number of rotatable bonds is 3. The predicted molar refractivity (Wildman–Crippen MR) is 117 cm³/mol. The Hall–Kier alpha value is -1.73. The topological polar surface area (TPSA) is 69.3 Å². The molecule has 1 atom stereocenters. The Bertz CT molecular complexity index is 964. The van der Waals surface area contributed by atoms with E-state index in [0.717, 1.165) is 61.5 Å². The van der Waals surface area contributed by atoms with Crippen LogP contribution in [0.3, 0.4) is 0 Å². The lowest BCUT2D eigenvalue weighted by molar-refractivity contribution is -0.132. The van der Waals surface area contributed by atoms with Gasteiger partial charge in [-0.2, -0.15) is 0 Å². The zero-order valence-corrected chi connectivity index (χ0v) is 18.8. The fourth-order valence-electron chi connectivity index (χ4n) is 4.63. The van der Waals surface area contributed by atoms with Gasteiger partial charge in [-0.1, -0.05) is 27.7 Å². The Morgan fingerprint density at radius 3 is 2.62 bits per heavy atom. The van der Waals surface area contributed by atoms with E-state index >= 15 is 0 Å². The number of thiophene rings is 1. The van der Waals surface area contributed by atoms with Gasteiger partial charge in [-0.3, -0.25) is 14.5 Å². The number of hydrogen-bond acceptors (Lipinski definition) is 5. The van der Waals surface area contributed by atoms with Gasteiger partial charge in [-0.05, 0) is 36.2 Å². The molecule has 1 N–H and O–H groups in total. The maximum Gasteiger partial charge on any atom is 0.259 e. The minimum atomic E-state index is 0.0107. The van der Waals surface area contributed by atoms with Gasteiger partial charge in [0.05, 0.1) is 11.9 Å². The lowest BCUT2D eigenvalue weighted by Crippen LogP contribution is -2.48. The van der Waals surface area contributed by atoms with Gasteiger partial charge in [0.25, 0.3) is 5.56 Å². The Kier molecular flexibility index (Phi) is 5.55. The van der Waals surface area contributed by atoms with E-state index in [2.05, 4.69) is 30.7 Å². The minimum Gasteiger partial charge on any atom is -0.340 e. The van der Waals surface area contributed by atoms with Crippen molar-refractivity contribution in [1.82, 2.24) is 19.8 Å². The Balaban J connectivity index is 1.52. The first kappa shape index (κ1) is 20.5. The second kappa shape index (κ2) is 7.84. The number of aromatic amines is 1. The van der Waals surface area contributed by atoms with Crippen molar-refractivity contribution in [2.45, 2.75) is 59.9 Å². The van der Waals surface area contributed by atoms with Gasteiger partial charge in [0.2, 0.25) is 5.91 Å². The molecule has 2 aromatic heterocycles. The average molecular weight is 417 g/mol. The molecule has 3 heterocycles. The van der Waals surface area contributed by atoms with Crippen molar-refractivity contribution in [1.29, 1.82) is 0 Å². The van der Waals surface area contributed by atoms with E-state index in [1.807, 2.05) is 11.8 Å². The third-order valence-corrected chi connectivity index (χ3v) is 7.74. The summed E-state index contributed by atoms with van der Waals surface area (Å²) < 4.78 is 0. The number of nitrogens with zero attached hydrogens (tertiary/aromatic N) is 3. The van der Waals surface area contributed by atoms with Crippen molar-refractivity contribution >= 4 is 27.5 Å². The molecule has 4 rings (SSSR count). The number of piperazine rings is 1. The second-order valence-corrected chi connectivity index (χ2v) is 10.6. The molecule has 2 aliphatic rings. The van der Waals surface area contributed by atoms with Crippen LogP contribution in [0.25, 0.3) is 10.2 Å². The first-order valence-corrected chi connectivity index (χ1v) is 11.6. The highest BCUT2D eigenvalue weighted by molar-refractivity contribution is 7.18. The standard InChI is InChI=1S/C22H32N4O2S/c1-5-18(27)26-10-8-25(9-11-26)13-17-23-20(28)19-15-7-6-14(22(2,3)4)12-16(15)29-21(19)24-17/h14H,5-13H2,1-4H3,(H,23,24,28). The highest BCUT2D eigenvalue weighted by Crippen LogP contribution is 2.41. The molecular weight excluding hydrogens is 384 g/mol. The Morgan fingerprint density at radius 1 is 1.24 bits per heavy atom. The molecule has 1 amide bonds. The van der Waals surface area contributed by atoms with Gasteiger partial charge in [0.1, 0.15) is 10.7 Å². The lowest BCUT2D eigenvalue weighted by Gasteiger charge is -2.34. The van der Waals surface area contributed by atoms with Crippen LogP contribution in [-0.4, -0.2) is 51.9 Å². The molecule has 2 aromatic rings. The number of hydrogen-bond donors (Lipinski definition) is 1. The van der Waals surface area contributed by atoms with Gasteiger partial charge in [0, 0.05) is 37.5 Å². The van der Waals surface area contributed by atoms with Gasteiger partial charge in [-0.15, -0.1) is 11.3 Å². The fourth-order valence-corrected chi connectivity index (χ4v) is 5.95. The molecule has 0 bridgehead atoms.